The van der Waals surface area contributed by atoms with Crippen LogP contribution in [0.2, 0.25) is 0 Å². The lowest BCUT2D eigenvalue weighted by Crippen LogP contribution is -1.98. The molecule has 1 nitrogen and oxygen atoms in total. The highest BCUT2D eigenvalue weighted by molar-refractivity contribution is 5.95. The average Bonchev–Trinajstić information content (AvgIpc) is 2.59. The smallest absolute Gasteiger partial charge is 0.0671 e. The first kappa shape index (κ1) is 10.2. The lowest BCUT2D eigenvalue weighted by Gasteiger charge is -2.06. The fourth-order valence-electron chi connectivity index (χ4n) is 2.11. The Kier molecular flexibility index (Phi) is 2.72. The lowest BCUT2D eigenvalue weighted by atomic mass is 9.97. The zero-order valence-corrected chi connectivity index (χ0v) is 9.51. The molecule has 0 saturated heterocycles. The van der Waals surface area contributed by atoms with Crippen LogP contribution in [0.25, 0.3) is 5.57 Å². The summed E-state index contributed by atoms with van der Waals surface area (Å²) in [6.45, 7) is 8.29. The van der Waals surface area contributed by atoms with Crippen LogP contribution in [-0.2, 0) is 6.42 Å². The number of allylic oxidation sites excluding steroid dienone is 1. The van der Waals surface area contributed by atoms with Gasteiger partial charge in [-0.25, -0.2) is 0 Å². The quantitative estimate of drug-likeness (QED) is 0.693. The zero-order chi connectivity index (χ0) is 10.8. The SMILES string of the molecule is C=C(C)c1cccc2c1CC(CCC)=N2. The summed E-state index contributed by atoms with van der Waals surface area (Å²) in [5, 5.41) is 0. The molecule has 0 radical (unpaired) electrons. The Bertz CT molecular complexity index is 427. The monoisotopic (exact) mass is 199 g/mol. The van der Waals surface area contributed by atoms with Gasteiger partial charge in [0, 0.05) is 12.1 Å². The van der Waals surface area contributed by atoms with Crippen LogP contribution in [0.1, 0.15) is 37.8 Å². The van der Waals surface area contributed by atoms with Crippen molar-refractivity contribution in [2.45, 2.75) is 33.1 Å². The van der Waals surface area contributed by atoms with Gasteiger partial charge in [0.1, 0.15) is 0 Å². The van der Waals surface area contributed by atoms with Crippen molar-refractivity contribution in [3.8, 4) is 0 Å². The van der Waals surface area contributed by atoms with E-state index in [1.807, 2.05) is 0 Å². The molecule has 0 aliphatic carbocycles. The van der Waals surface area contributed by atoms with Crippen molar-refractivity contribution in [3.63, 3.8) is 0 Å². The van der Waals surface area contributed by atoms with Gasteiger partial charge < -0.3 is 0 Å². The molecular formula is C14H17N. The summed E-state index contributed by atoms with van der Waals surface area (Å²) >= 11 is 0. The topological polar surface area (TPSA) is 12.4 Å². The number of benzene rings is 1. The first-order chi connectivity index (χ1) is 7.22. The van der Waals surface area contributed by atoms with E-state index >= 15 is 0 Å². The molecule has 0 amide bonds. The molecule has 1 aromatic carbocycles. The van der Waals surface area contributed by atoms with Crippen LogP contribution in [0.5, 0.6) is 0 Å². The van der Waals surface area contributed by atoms with E-state index in [0.717, 1.165) is 24.1 Å². The van der Waals surface area contributed by atoms with Crippen molar-refractivity contribution in [1.29, 1.82) is 0 Å². The average molecular weight is 199 g/mol. The lowest BCUT2D eigenvalue weighted by molar-refractivity contribution is 0.981. The molecular weight excluding hydrogens is 182 g/mol. The fourth-order valence-corrected chi connectivity index (χ4v) is 2.11. The van der Waals surface area contributed by atoms with Crippen molar-refractivity contribution >= 4 is 17.0 Å². The summed E-state index contributed by atoms with van der Waals surface area (Å²) < 4.78 is 0. The molecule has 1 heterocycles. The summed E-state index contributed by atoms with van der Waals surface area (Å²) in [7, 11) is 0. The van der Waals surface area contributed by atoms with Gasteiger partial charge in [0.25, 0.3) is 0 Å². The second kappa shape index (κ2) is 4.01. The third-order valence-corrected chi connectivity index (χ3v) is 2.81. The van der Waals surface area contributed by atoms with Crippen LogP contribution in [0, 0.1) is 0 Å². The van der Waals surface area contributed by atoms with E-state index < -0.39 is 0 Å². The third-order valence-electron chi connectivity index (χ3n) is 2.81. The Morgan fingerprint density at radius 1 is 1.47 bits per heavy atom. The molecule has 1 aromatic rings. The summed E-state index contributed by atoms with van der Waals surface area (Å²) in [6, 6.07) is 6.32. The maximum Gasteiger partial charge on any atom is 0.0671 e. The van der Waals surface area contributed by atoms with Crippen LogP contribution in [-0.4, -0.2) is 5.71 Å². The van der Waals surface area contributed by atoms with E-state index in [4.69, 9.17) is 0 Å². The molecule has 0 fully saturated rings. The number of fused-ring (bicyclic) bond motifs is 1. The predicted octanol–water partition coefficient (Wildman–Crippen LogP) is 4.15. The van der Waals surface area contributed by atoms with Gasteiger partial charge >= 0.3 is 0 Å². The summed E-state index contributed by atoms with van der Waals surface area (Å²) in [4.78, 5) is 4.66. The van der Waals surface area contributed by atoms with E-state index in [9.17, 15) is 0 Å². The van der Waals surface area contributed by atoms with Gasteiger partial charge in [0.2, 0.25) is 0 Å². The second-order valence-corrected chi connectivity index (χ2v) is 4.19. The molecule has 1 heteroatoms. The van der Waals surface area contributed by atoms with Gasteiger partial charge in [-0.2, -0.15) is 0 Å². The molecule has 0 saturated carbocycles. The highest BCUT2D eigenvalue weighted by Gasteiger charge is 2.16. The number of nitrogens with zero attached hydrogens (tertiary/aromatic N) is 1. The molecule has 1 aliphatic rings. The molecule has 1 aliphatic heterocycles. The molecule has 78 valence electrons. The molecule has 0 bridgehead atoms. The Balaban J connectivity index is 2.36. The fraction of sp³-hybridized carbons (Fsp3) is 0.357. The zero-order valence-electron chi connectivity index (χ0n) is 9.51. The first-order valence-electron chi connectivity index (χ1n) is 5.56. The van der Waals surface area contributed by atoms with E-state index in [1.165, 1.54) is 23.3 Å². The van der Waals surface area contributed by atoms with Gasteiger partial charge in [-0.05, 0) is 30.5 Å². The number of hydrogen-bond acceptors (Lipinski definition) is 1. The van der Waals surface area contributed by atoms with E-state index in [2.05, 4.69) is 43.6 Å². The predicted molar refractivity (Wildman–Crippen MR) is 66.9 cm³/mol. The summed E-state index contributed by atoms with van der Waals surface area (Å²) in [6.07, 6.45) is 3.31. The molecule has 0 spiro atoms. The Morgan fingerprint density at radius 3 is 2.93 bits per heavy atom. The minimum atomic E-state index is 1.02. The molecule has 0 atom stereocenters. The van der Waals surface area contributed by atoms with E-state index in [-0.39, 0.29) is 0 Å². The van der Waals surface area contributed by atoms with E-state index in [0.29, 0.717) is 0 Å². The summed E-state index contributed by atoms with van der Waals surface area (Å²) in [5.74, 6) is 0. The molecule has 15 heavy (non-hydrogen) atoms. The van der Waals surface area contributed by atoms with Gasteiger partial charge in [-0.3, -0.25) is 4.99 Å². The Labute approximate surface area is 91.6 Å². The minimum Gasteiger partial charge on any atom is -0.257 e. The van der Waals surface area contributed by atoms with Crippen LogP contribution >= 0.6 is 0 Å². The highest BCUT2D eigenvalue weighted by atomic mass is 14.8. The van der Waals surface area contributed by atoms with Crippen LogP contribution in [0.15, 0.2) is 29.8 Å². The van der Waals surface area contributed by atoms with Gasteiger partial charge in [-0.15, -0.1) is 0 Å². The van der Waals surface area contributed by atoms with Crippen molar-refractivity contribution in [2.75, 3.05) is 0 Å². The van der Waals surface area contributed by atoms with Gasteiger partial charge in [-0.1, -0.05) is 37.6 Å². The van der Waals surface area contributed by atoms with Crippen molar-refractivity contribution in [2.24, 2.45) is 4.99 Å². The number of aliphatic imine (C=N–C) groups is 1. The summed E-state index contributed by atoms with van der Waals surface area (Å²) in [5.41, 5.74) is 6.26. The number of hydrogen-bond donors (Lipinski definition) is 0. The standard InChI is InChI=1S/C14H17N/c1-4-6-11-9-13-12(10(2)3)7-5-8-14(13)15-11/h5,7-8H,2,4,6,9H2,1,3H3. The maximum atomic E-state index is 4.66. The third kappa shape index (κ3) is 1.87. The normalized spacial score (nSPS) is 13.6. The Hall–Kier alpha value is -1.37. The van der Waals surface area contributed by atoms with Crippen LogP contribution < -0.4 is 0 Å². The minimum absolute atomic E-state index is 1.02. The maximum absolute atomic E-state index is 4.66. The second-order valence-electron chi connectivity index (χ2n) is 4.19. The number of rotatable bonds is 3. The Morgan fingerprint density at radius 2 is 2.27 bits per heavy atom. The molecule has 0 N–H and O–H groups in total. The van der Waals surface area contributed by atoms with Gasteiger partial charge in [0.05, 0.1) is 5.69 Å². The molecule has 0 aromatic heterocycles. The van der Waals surface area contributed by atoms with Crippen molar-refractivity contribution in [1.82, 2.24) is 0 Å². The molecule has 0 unspecified atom stereocenters. The largest absolute Gasteiger partial charge is 0.257 e. The van der Waals surface area contributed by atoms with Gasteiger partial charge in [0.15, 0.2) is 0 Å². The molecule has 2 rings (SSSR count). The van der Waals surface area contributed by atoms with Crippen molar-refractivity contribution in [3.05, 3.63) is 35.9 Å². The first-order valence-corrected chi connectivity index (χ1v) is 5.56. The van der Waals surface area contributed by atoms with E-state index in [1.54, 1.807) is 0 Å². The van der Waals surface area contributed by atoms with Crippen LogP contribution in [0.3, 0.4) is 0 Å². The highest BCUT2D eigenvalue weighted by Crippen LogP contribution is 2.33. The van der Waals surface area contributed by atoms with Crippen molar-refractivity contribution < 1.29 is 0 Å². The van der Waals surface area contributed by atoms with Crippen LogP contribution in [0.4, 0.5) is 5.69 Å².